The Hall–Kier alpha value is -1.01. The summed E-state index contributed by atoms with van der Waals surface area (Å²) in [7, 11) is 0. The van der Waals surface area contributed by atoms with Gasteiger partial charge in [0.1, 0.15) is 12.2 Å². The van der Waals surface area contributed by atoms with Crippen LogP contribution in [0.15, 0.2) is 23.8 Å². The van der Waals surface area contributed by atoms with Crippen molar-refractivity contribution in [3.8, 4) is 0 Å². The minimum atomic E-state index is -1.68. The monoisotopic (exact) mass is 408 g/mol. The van der Waals surface area contributed by atoms with Crippen molar-refractivity contribution < 1.29 is 24.9 Å². The number of ketones is 2. The Bertz CT molecular complexity index is 805. The number of Topliss-reactive ketones (excluding diaryl/α,β-unsaturated/α-hetero) is 1. The van der Waals surface area contributed by atoms with E-state index in [1.807, 2.05) is 26.8 Å². The second kappa shape index (κ2) is 6.00. The molecule has 3 N–H and O–H groups in total. The summed E-state index contributed by atoms with van der Waals surface area (Å²) in [6.07, 6.45) is 6.22. The van der Waals surface area contributed by atoms with Crippen LogP contribution in [0.2, 0.25) is 0 Å². The molecule has 0 aromatic heterocycles. The first-order chi connectivity index (χ1) is 13.0. The van der Waals surface area contributed by atoms with Crippen LogP contribution in [0.5, 0.6) is 0 Å². The largest absolute Gasteiger partial charge is 0.391 e. The van der Waals surface area contributed by atoms with Gasteiger partial charge < -0.3 is 15.3 Å². The van der Waals surface area contributed by atoms with E-state index in [1.165, 1.54) is 6.08 Å². The first-order valence-corrected chi connectivity index (χ1v) is 10.5. The smallest absolute Gasteiger partial charge is 0.190 e. The molecular formula is C22H29ClO5. The molecule has 8 atom stereocenters. The van der Waals surface area contributed by atoms with Gasteiger partial charge in [-0.3, -0.25) is 9.59 Å². The minimum Gasteiger partial charge on any atom is -0.391 e. The lowest BCUT2D eigenvalue weighted by Crippen LogP contribution is -2.69. The lowest BCUT2D eigenvalue weighted by Gasteiger charge is -2.63. The zero-order chi connectivity index (χ0) is 20.7. The predicted octanol–water partition coefficient (Wildman–Crippen LogP) is 2.17. The van der Waals surface area contributed by atoms with Crippen molar-refractivity contribution in [3.63, 3.8) is 0 Å². The molecule has 28 heavy (non-hydrogen) atoms. The minimum absolute atomic E-state index is 0.0567. The van der Waals surface area contributed by atoms with Gasteiger partial charge in [-0.15, -0.1) is 11.6 Å². The van der Waals surface area contributed by atoms with Gasteiger partial charge in [0.05, 0.1) is 11.0 Å². The molecule has 0 aromatic rings. The van der Waals surface area contributed by atoms with Gasteiger partial charge in [0.15, 0.2) is 11.6 Å². The number of allylic oxidation sites excluding steroid dienone is 4. The molecule has 5 nitrogen and oxygen atoms in total. The molecule has 0 heterocycles. The maximum Gasteiger partial charge on any atom is 0.190 e. The molecule has 4 aliphatic carbocycles. The number of aliphatic hydroxyl groups excluding tert-OH is 2. The third-order valence-electron chi connectivity index (χ3n) is 8.79. The fourth-order valence-corrected chi connectivity index (χ4v) is 7.78. The number of hydrogen-bond donors (Lipinski definition) is 3. The molecule has 3 unspecified atom stereocenters. The van der Waals surface area contributed by atoms with E-state index < -0.39 is 39.8 Å². The number of rotatable bonds is 2. The average molecular weight is 409 g/mol. The normalized spacial score (nSPS) is 52.5. The Labute approximate surface area is 170 Å². The molecule has 0 aromatic carbocycles. The molecule has 154 valence electrons. The summed E-state index contributed by atoms with van der Waals surface area (Å²) < 4.78 is 0. The van der Waals surface area contributed by atoms with E-state index in [2.05, 4.69) is 0 Å². The zero-order valence-corrected chi connectivity index (χ0v) is 17.4. The quantitative estimate of drug-likeness (QED) is 0.608. The molecule has 0 aliphatic heterocycles. The van der Waals surface area contributed by atoms with Crippen molar-refractivity contribution in [1.82, 2.24) is 0 Å². The highest BCUT2D eigenvalue weighted by molar-refractivity contribution is 6.26. The van der Waals surface area contributed by atoms with Crippen molar-refractivity contribution in [2.75, 3.05) is 6.61 Å². The highest BCUT2D eigenvalue weighted by Crippen LogP contribution is 2.71. The fourth-order valence-electron chi connectivity index (χ4n) is 7.26. The van der Waals surface area contributed by atoms with Crippen LogP contribution in [-0.4, -0.2) is 50.1 Å². The number of halogens is 1. The van der Waals surface area contributed by atoms with Crippen molar-refractivity contribution in [2.45, 2.75) is 63.0 Å². The topological polar surface area (TPSA) is 94.8 Å². The first kappa shape index (κ1) is 20.3. The molecule has 0 radical (unpaired) electrons. The van der Waals surface area contributed by atoms with E-state index in [0.29, 0.717) is 19.3 Å². The Morgan fingerprint density at radius 1 is 1.32 bits per heavy atom. The Morgan fingerprint density at radius 2 is 2.00 bits per heavy atom. The second-order valence-corrected chi connectivity index (χ2v) is 10.4. The van der Waals surface area contributed by atoms with Crippen LogP contribution >= 0.6 is 11.6 Å². The average Bonchev–Trinajstić information content (AvgIpc) is 2.84. The summed E-state index contributed by atoms with van der Waals surface area (Å²) in [5.41, 5.74) is -2.25. The van der Waals surface area contributed by atoms with Crippen LogP contribution in [0.4, 0.5) is 0 Å². The second-order valence-electron chi connectivity index (χ2n) is 9.75. The summed E-state index contributed by atoms with van der Waals surface area (Å²) >= 11 is 7.30. The molecule has 0 bridgehead atoms. The molecule has 3 saturated carbocycles. The first-order valence-electron chi connectivity index (χ1n) is 10.1. The lowest BCUT2D eigenvalue weighted by molar-refractivity contribution is -0.179. The number of alkyl halides is 1. The summed E-state index contributed by atoms with van der Waals surface area (Å²) in [6.45, 7) is 4.97. The molecular weight excluding hydrogens is 380 g/mol. The highest BCUT2D eigenvalue weighted by atomic mass is 35.5. The predicted molar refractivity (Wildman–Crippen MR) is 105 cm³/mol. The van der Waals surface area contributed by atoms with Gasteiger partial charge in [0.25, 0.3) is 0 Å². The number of fused-ring (bicyclic) bond motifs is 5. The van der Waals surface area contributed by atoms with Crippen LogP contribution in [0.1, 0.15) is 46.5 Å². The van der Waals surface area contributed by atoms with Gasteiger partial charge in [-0.1, -0.05) is 32.4 Å². The van der Waals surface area contributed by atoms with E-state index >= 15 is 0 Å². The molecule has 0 saturated heterocycles. The third-order valence-corrected chi connectivity index (χ3v) is 9.72. The van der Waals surface area contributed by atoms with Gasteiger partial charge in [-0.25, -0.2) is 0 Å². The Kier molecular flexibility index (Phi) is 4.35. The van der Waals surface area contributed by atoms with Gasteiger partial charge in [-0.2, -0.15) is 0 Å². The number of carbonyl (C=O) groups excluding carboxylic acids is 2. The lowest BCUT2D eigenvalue weighted by atomic mass is 9.45. The zero-order valence-electron chi connectivity index (χ0n) is 16.6. The van der Waals surface area contributed by atoms with Crippen molar-refractivity contribution in [1.29, 1.82) is 0 Å². The maximum absolute atomic E-state index is 12.6. The molecule has 3 fully saturated rings. The van der Waals surface area contributed by atoms with Crippen LogP contribution in [0, 0.1) is 28.6 Å². The number of hydrogen-bond acceptors (Lipinski definition) is 5. The Balaban J connectivity index is 1.84. The van der Waals surface area contributed by atoms with E-state index in [0.717, 1.165) is 5.57 Å². The molecule has 4 rings (SSSR count). The standard InChI is InChI=1S/C22H29ClO5/c1-12-8-16-15-5-4-13-9-14(25)6-7-19(13,2)21(15,23)17(26)10-20(16,3)22(12,28)18(27)11-24/h6-7,9,12,15-17,24,26,28H,4-5,8,10-11H2,1-3H3/t12?,15-,16-,17?,19-,20-,21?,22-/m0/s1. The van der Waals surface area contributed by atoms with E-state index in [-0.39, 0.29) is 30.0 Å². The highest BCUT2D eigenvalue weighted by Gasteiger charge is 2.74. The SMILES string of the molecule is CC1C[C@H]2[C@@H]3CCC4=CC(=O)C=C[C@]4(C)C3(Cl)C(O)C[C@]2(C)[C@@]1(O)C(=O)CO. The third kappa shape index (κ3) is 2.09. The van der Waals surface area contributed by atoms with Crippen LogP contribution in [-0.2, 0) is 9.59 Å². The van der Waals surface area contributed by atoms with Crippen LogP contribution in [0.25, 0.3) is 0 Å². The summed E-state index contributed by atoms with van der Waals surface area (Å²) in [4.78, 5) is 23.5. The van der Waals surface area contributed by atoms with E-state index in [4.69, 9.17) is 11.6 Å². The maximum atomic E-state index is 12.6. The van der Waals surface area contributed by atoms with Gasteiger partial charge in [0, 0.05) is 10.8 Å². The van der Waals surface area contributed by atoms with Gasteiger partial charge in [-0.05, 0) is 55.6 Å². The molecule has 6 heteroatoms. The summed E-state index contributed by atoms with van der Waals surface area (Å²) in [5.74, 6) is -1.15. The van der Waals surface area contributed by atoms with Crippen LogP contribution < -0.4 is 0 Å². The van der Waals surface area contributed by atoms with E-state index in [1.54, 1.807) is 6.08 Å². The summed E-state index contributed by atoms with van der Waals surface area (Å²) in [5, 5.41) is 32.3. The van der Waals surface area contributed by atoms with Crippen molar-refractivity contribution >= 4 is 23.2 Å². The van der Waals surface area contributed by atoms with Crippen molar-refractivity contribution in [3.05, 3.63) is 23.8 Å². The van der Waals surface area contributed by atoms with E-state index in [9.17, 15) is 24.9 Å². The molecule has 4 aliphatic rings. The molecule has 0 spiro atoms. The molecule has 0 amide bonds. The van der Waals surface area contributed by atoms with Gasteiger partial charge in [0.2, 0.25) is 0 Å². The Morgan fingerprint density at radius 3 is 2.64 bits per heavy atom. The van der Waals surface area contributed by atoms with Crippen molar-refractivity contribution in [2.24, 2.45) is 28.6 Å². The summed E-state index contributed by atoms with van der Waals surface area (Å²) in [6, 6.07) is 0. The van der Waals surface area contributed by atoms with Gasteiger partial charge >= 0.3 is 0 Å². The number of aliphatic hydroxyl groups is 3. The van der Waals surface area contributed by atoms with Crippen LogP contribution in [0.3, 0.4) is 0 Å². The fraction of sp³-hybridized carbons (Fsp3) is 0.727. The number of carbonyl (C=O) groups is 2.